The molecular formula is C21H19N3O6S. The van der Waals surface area contributed by atoms with Crippen LogP contribution in [0.4, 0.5) is 5.69 Å². The van der Waals surface area contributed by atoms with E-state index in [1.165, 1.54) is 31.5 Å². The second kappa shape index (κ2) is 7.80. The third kappa shape index (κ3) is 3.73. The number of pyridine rings is 1. The molecule has 0 saturated heterocycles. The molecule has 0 aliphatic rings. The Morgan fingerprint density at radius 2 is 1.97 bits per heavy atom. The van der Waals surface area contributed by atoms with E-state index in [-0.39, 0.29) is 22.6 Å². The number of methoxy groups -OCH3 is 1. The first-order chi connectivity index (χ1) is 14.8. The molecule has 0 atom stereocenters. The van der Waals surface area contributed by atoms with E-state index in [1.807, 2.05) is 0 Å². The number of esters is 1. The molecule has 0 radical (unpaired) electrons. The van der Waals surface area contributed by atoms with Crippen LogP contribution in [0.2, 0.25) is 0 Å². The zero-order valence-electron chi connectivity index (χ0n) is 16.7. The summed E-state index contributed by atoms with van der Waals surface area (Å²) >= 11 is 0. The zero-order chi connectivity index (χ0) is 22.2. The number of rotatable bonds is 6. The number of hydrogen-bond acceptors (Lipinski definition) is 6. The molecule has 10 heteroatoms. The maximum atomic E-state index is 13.0. The summed E-state index contributed by atoms with van der Waals surface area (Å²) in [5, 5.41) is 0.697. The zero-order valence-corrected chi connectivity index (χ0v) is 17.5. The Kier molecular flexibility index (Phi) is 5.15. The fourth-order valence-corrected chi connectivity index (χ4v) is 4.42. The number of fused-ring (bicyclic) bond motifs is 3. The minimum Gasteiger partial charge on any atom is -0.497 e. The van der Waals surface area contributed by atoms with Gasteiger partial charge in [0.1, 0.15) is 11.3 Å². The summed E-state index contributed by atoms with van der Waals surface area (Å²) in [5.74, 6) is -0.104. The lowest BCUT2D eigenvalue weighted by atomic mass is 10.1. The number of aromatic nitrogens is 2. The first kappa shape index (κ1) is 20.5. The van der Waals surface area contributed by atoms with Gasteiger partial charge in [-0.05, 0) is 37.3 Å². The molecule has 4 rings (SSSR count). The number of anilines is 1. The van der Waals surface area contributed by atoms with Gasteiger partial charge in [0.25, 0.3) is 15.6 Å². The number of aromatic amines is 2. The van der Waals surface area contributed by atoms with Gasteiger partial charge in [-0.1, -0.05) is 6.07 Å². The van der Waals surface area contributed by atoms with Crippen LogP contribution in [0.15, 0.2) is 58.4 Å². The van der Waals surface area contributed by atoms with E-state index >= 15 is 0 Å². The number of hydrogen-bond donors (Lipinski definition) is 3. The van der Waals surface area contributed by atoms with E-state index in [1.54, 1.807) is 31.2 Å². The first-order valence-electron chi connectivity index (χ1n) is 9.35. The van der Waals surface area contributed by atoms with Gasteiger partial charge in [0, 0.05) is 28.6 Å². The van der Waals surface area contributed by atoms with Crippen molar-refractivity contribution in [1.82, 2.24) is 9.97 Å². The van der Waals surface area contributed by atoms with Gasteiger partial charge in [-0.3, -0.25) is 9.52 Å². The average molecular weight is 441 g/mol. The van der Waals surface area contributed by atoms with E-state index in [0.717, 1.165) is 0 Å². The summed E-state index contributed by atoms with van der Waals surface area (Å²) < 4.78 is 38.7. The Hall–Kier alpha value is -3.79. The van der Waals surface area contributed by atoms with Crippen molar-refractivity contribution in [3.8, 4) is 5.75 Å². The lowest BCUT2D eigenvalue weighted by molar-refractivity contribution is 0.0529. The third-order valence-electron chi connectivity index (χ3n) is 4.74. The normalized spacial score (nSPS) is 11.5. The van der Waals surface area contributed by atoms with Crippen LogP contribution in [-0.2, 0) is 14.8 Å². The minimum atomic E-state index is -3.96. The number of ether oxygens (including phenoxy) is 2. The highest BCUT2D eigenvalue weighted by atomic mass is 32.2. The summed E-state index contributed by atoms with van der Waals surface area (Å²) in [6.07, 6.45) is 1.38. The van der Waals surface area contributed by atoms with Gasteiger partial charge in [0.15, 0.2) is 0 Å². The summed E-state index contributed by atoms with van der Waals surface area (Å²) in [6.45, 7) is 1.84. The average Bonchev–Trinajstić information content (AvgIpc) is 3.20. The number of carbonyl (C=O) groups is 1. The van der Waals surface area contributed by atoms with Crippen LogP contribution in [0.1, 0.15) is 17.3 Å². The highest BCUT2D eigenvalue weighted by Crippen LogP contribution is 2.28. The summed E-state index contributed by atoms with van der Waals surface area (Å²) in [5.41, 5.74) is 0.611. The number of H-pyrrole nitrogens is 2. The van der Waals surface area contributed by atoms with Gasteiger partial charge in [-0.2, -0.15) is 0 Å². The van der Waals surface area contributed by atoms with Gasteiger partial charge in [0.2, 0.25) is 0 Å². The molecule has 2 heterocycles. The predicted octanol–water partition coefficient (Wildman–Crippen LogP) is 3.00. The number of benzene rings is 2. The van der Waals surface area contributed by atoms with Gasteiger partial charge < -0.3 is 19.4 Å². The van der Waals surface area contributed by atoms with Crippen LogP contribution in [-0.4, -0.2) is 38.1 Å². The van der Waals surface area contributed by atoms with Crippen molar-refractivity contribution in [2.45, 2.75) is 11.8 Å². The molecule has 160 valence electrons. The number of nitrogens with one attached hydrogen (secondary N) is 3. The van der Waals surface area contributed by atoms with Gasteiger partial charge in [0.05, 0.1) is 29.9 Å². The van der Waals surface area contributed by atoms with Crippen LogP contribution >= 0.6 is 0 Å². The molecule has 0 spiro atoms. The standard InChI is InChI=1S/C21H19N3O6S/c1-3-30-21(26)16-11-22-19-18(16)15-10-14(7-8-17(15)23-20(19)25)31(27,28)24-12-5-4-6-13(9-12)29-2/h4-11,22,24H,3H2,1-2H3,(H,23,25). The molecule has 0 bridgehead atoms. The molecule has 2 aromatic carbocycles. The van der Waals surface area contributed by atoms with Gasteiger partial charge in [-0.15, -0.1) is 0 Å². The van der Waals surface area contributed by atoms with Crippen LogP contribution < -0.4 is 15.0 Å². The summed E-state index contributed by atoms with van der Waals surface area (Å²) in [7, 11) is -2.47. The molecule has 0 saturated carbocycles. The molecule has 0 aliphatic heterocycles. The Morgan fingerprint density at radius 3 is 2.71 bits per heavy atom. The molecule has 0 amide bonds. The molecule has 31 heavy (non-hydrogen) atoms. The molecule has 4 aromatic rings. The van der Waals surface area contributed by atoms with E-state index in [0.29, 0.717) is 27.7 Å². The van der Waals surface area contributed by atoms with Crippen molar-refractivity contribution in [2.24, 2.45) is 0 Å². The molecule has 3 N–H and O–H groups in total. The van der Waals surface area contributed by atoms with Crippen LogP contribution in [0.3, 0.4) is 0 Å². The molecule has 2 aromatic heterocycles. The van der Waals surface area contributed by atoms with Crippen molar-refractivity contribution in [3.05, 3.63) is 64.6 Å². The van der Waals surface area contributed by atoms with Crippen LogP contribution in [0, 0.1) is 0 Å². The smallest absolute Gasteiger partial charge is 0.340 e. The van der Waals surface area contributed by atoms with Crippen molar-refractivity contribution in [2.75, 3.05) is 18.4 Å². The van der Waals surface area contributed by atoms with E-state index in [4.69, 9.17) is 9.47 Å². The van der Waals surface area contributed by atoms with E-state index in [9.17, 15) is 18.0 Å². The maximum absolute atomic E-state index is 13.0. The quantitative estimate of drug-likeness (QED) is 0.394. The number of sulfonamides is 1. The number of carbonyl (C=O) groups excluding carboxylic acids is 1. The van der Waals surface area contributed by atoms with Crippen molar-refractivity contribution in [3.63, 3.8) is 0 Å². The third-order valence-corrected chi connectivity index (χ3v) is 6.12. The Labute approximate surface area is 177 Å². The SMILES string of the molecule is CCOC(=O)c1c[nH]c2c(=O)[nH]c3ccc(S(=O)(=O)Nc4cccc(OC)c4)cc3c12. The molecule has 0 fully saturated rings. The summed E-state index contributed by atoms with van der Waals surface area (Å²) in [4.78, 5) is 30.2. The van der Waals surface area contributed by atoms with Crippen LogP contribution in [0.25, 0.3) is 21.8 Å². The molecule has 9 nitrogen and oxygen atoms in total. The molecule has 0 aliphatic carbocycles. The van der Waals surface area contributed by atoms with Crippen molar-refractivity contribution < 1.29 is 22.7 Å². The van der Waals surface area contributed by atoms with Crippen molar-refractivity contribution >= 4 is 43.5 Å². The van der Waals surface area contributed by atoms with E-state index in [2.05, 4.69) is 14.7 Å². The fourth-order valence-electron chi connectivity index (χ4n) is 3.34. The second-order valence-electron chi connectivity index (χ2n) is 6.67. The minimum absolute atomic E-state index is 0.0350. The largest absolute Gasteiger partial charge is 0.497 e. The summed E-state index contributed by atoms with van der Waals surface area (Å²) in [6, 6.07) is 10.8. The second-order valence-corrected chi connectivity index (χ2v) is 8.35. The Morgan fingerprint density at radius 1 is 1.16 bits per heavy atom. The maximum Gasteiger partial charge on any atom is 0.340 e. The molecular weight excluding hydrogens is 422 g/mol. The first-order valence-corrected chi connectivity index (χ1v) is 10.8. The topological polar surface area (TPSA) is 130 Å². The monoisotopic (exact) mass is 441 g/mol. The Balaban J connectivity index is 1.87. The highest BCUT2D eigenvalue weighted by Gasteiger charge is 2.21. The predicted molar refractivity (Wildman–Crippen MR) is 116 cm³/mol. The molecule has 0 unspecified atom stereocenters. The fraction of sp³-hybridized carbons (Fsp3) is 0.143. The lowest BCUT2D eigenvalue weighted by Gasteiger charge is -2.11. The lowest BCUT2D eigenvalue weighted by Crippen LogP contribution is -2.13. The van der Waals surface area contributed by atoms with Gasteiger partial charge in [-0.25, -0.2) is 13.2 Å². The van der Waals surface area contributed by atoms with Crippen molar-refractivity contribution in [1.29, 1.82) is 0 Å². The van der Waals surface area contributed by atoms with Crippen LogP contribution in [0.5, 0.6) is 5.75 Å². The van der Waals surface area contributed by atoms with Gasteiger partial charge >= 0.3 is 5.97 Å². The highest BCUT2D eigenvalue weighted by molar-refractivity contribution is 7.92. The Bertz CT molecular complexity index is 1470. The van der Waals surface area contributed by atoms with E-state index < -0.39 is 21.6 Å².